The van der Waals surface area contributed by atoms with E-state index in [1.54, 1.807) is 0 Å². The van der Waals surface area contributed by atoms with Gasteiger partial charge in [0.25, 0.3) is 11.2 Å². The van der Waals surface area contributed by atoms with Gasteiger partial charge in [-0.1, -0.05) is 92.9 Å². The van der Waals surface area contributed by atoms with Crippen molar-refractivity contribution in [1.82, 2.24) is 0 Å². The number of rotatable bonds is 16. The summed E-state index contributed by atoms with van der Waals surface area (Å²) in [5.74, 6) is 0.542. The van der Waals surface area contributed by atoms with E-state index < -0.39 is 8.07 Å². The fraction of sp³-hybridized carbons (Fsp3) is 0.909. The van der Waals surface area contributed by atoms with Crippen LogP contribution in [0.15, 0.2) is 0 Å². The summed E-state index contributed by atoms with van der Waals surface area (Å²) in [6.45, 7) is 13.2. The number of unbranched alkanes of at least 4 members (excludes halogenated alkanes) is 6. The lowest BCUT2D eigenvalue weighted by Gasteiger charge is -2.28. The van der Waals surface area contributed by atoms with Crippen LogP contribution in [0.4, 0.5) is 9.59 Å². The number of carbonyl (C=O) groups excluding carboxylic acids is 2. The maximum atomic E-state index is 13.1. The number of carbonyl (C=O) groups is 2. The second-order valence-corrected chi connectivity index (χ2v) is 12.7. The monoisotopic (exact) mass is 400 g/mol. The summed E-state index contributed by atoms with van der Waals surface area (Å²) in [5.41, 5.74) is -0.476. The fourth-order valence-corrected chi connectivity index (χ4v) is 6.74. The lowest BCUT2D eigenvalue weighted by atomic mass is 10.2. The molecule has 0 aliphatic carbocycles. The largest absolute Gasteiger partial charge is 0.469 e. The second kappa shape index (κ2) is 15.1. The zero-order chi connectivity index (χ0) is 20.7. The molecule has 0 amide bonds. The van der Waals surface area contributed by atoms with Gasteiger partial charge in [-0.15, -0.1) is 0 Å². The van der Waals surface area contributed by atoms with Crippen molar-refractivity contribution in [3.63, 3.8) is 0 Å². The Morgan fingerprint density at radius 3 is 1.33 bits per heavy atom. The average Bonchev–Trinajstić information content (AvgIpc) is 2.62. The molecule has 5 heteroatoms. The first-order valence-corrected chi connectivity index (χ1v) is 13.6. The molecular weight excluding hydrogens is 356 g/mol. The molecule has 0 spiro atoms. The van der Waals surface area contributed by atoms with Crippen molar-refractivity contribution in [3.05, 3.63) is 0 Å². The summed E-state index contributed by atoms with van der Waals surface area (Å²) in [6, 6.07) is 1.35. The van der Waals surface area contributed by atoms with Gasteiger partial charge in [0.2, 0.25) is 0 Å². The summed E-state index contributed by atoms with van der Waals surface area (Å²) in [5, 5.41) is 0. The highest BCUT2D eigenvalue weighted by Gasteiger charge is 2.52. The lowest BCUT2D eigenvalue weighted by Crippen LogP contribution is -2.53. The Bertz CT molecular complexity index is 369. The third-order valence-corrected chi connectivity index (χ3v) is 9.06. The van der Waals surface area contributed by atoms with Gasteiger partial charge in [0.05, 0.1) is 13.2 Å². The van der Waals surface area contributed by atoms with Gasteiger partial charge in [-0.05, 0) is 23.9 Å². The van der Waals surface area contributed by atoms with Crippen molar-refractivity contribution in [2.24, 2.45) is 11.8 Å². The SMILES string of the molecule is CCCCCC[Si](CCCCCC)(C(=O)OCC(C)C)C(=O)OCC(C)C. The first kappa shape index (κ1) is 26.2. The summed E-state index contributed by atoms with van der Waals surface area (Å²) >= 11 is 0. The van der Waals surface area contributed by atoms with E-state index in [2.05, 4.69) is 13.8 Å². The Morgan fingerprint density at radius 1 is 0.667 bits per heavy atom. The minimum Gasteiger partial charge on any atom is -0.469 e. The predicted octanol–water partition coefficient (Wildman–Crippen LogP) is 7.34. The van der Waals surface area contributed by atoms with Crippen molar-refractivity contribution >= 4 is 19.3 Å². The second-order valence-electron chi connectivity index (χ2n) is 8.69. The highest BCUT2D eigenvalue weighted by molar-refractivity contribution is 7.23. The minimum atomic E-state index is -2.96. The lowest BCUT2D eigenvalue weighted by molar-refractivity contribution is 0.145. The molecule has 27 heavy (non-hydrogen) atoms. The molecule has 0 heterocycles. The Hall–Kier alpha value is -0.843. The van der Waals surface area contributed by atoms with E-state index in [0.717, 1.165) is 51.4 Å². The molecule has 0 saturated carbocycles. The smallest absolute Gasteiger partial charge is 0.311 e. The van der Waals surface area contributed by atoms with E-state index in [0.29, 0.717) is 25.3 Å². The third kappa shape index (κ3) is 10.9. The van der Waals surface area contributed by atoms with E-state index in [9.17, 15) is 9.59 Å². The zero-order valence-electron chi connectivity index (χ0n) is 18.8. The molecule has 0 aromatic heterocycles. The molecule has 0 bridgehead atoms. The van der Waals surface area contributed by atoms with Crippen LogP contribution in [0, 0.1) is 11.8 Å². The molecule has 0 aliphatic heterocycles. The van der Waals surface area contributed by atoms with Crippen LogP contribution in [-0.2, 0) is 9.47 Å². The van der Waals surface area contributed by atoms with Crippen LogP contribution < -0.4 is 0 Å². The Morgan fingerprint density at radius 2 is 1.04 bits per heavy atom. The van der Waals surface area contributed by atoms with Gasteiger partial charge >= 0.3 is 8.07 Å². The standard InChI is InChI=1S/C22H44O4Si/c1-7-9-11-13-15-27(16-14-12-10-8-2,21(23)25-17-19(3)4)22(24)26-18-20(5)6/h19-20H,7-18H2,1-6H3. The summed E-state index contributed by atoms with van der Waals surface area (Å²) in [7, 11) is -2.96. The van der Waals surface area contributed by atoms with Crippen LogP contribution in [0.5, 0.6) is 0 Å². The molecule has 0 atom stereocenters. The van der Waals surface area contributed by atoms with Crippen LogP contribution in [0.25, 0.3) is 0 Å². The molecule has 0 unspecified atom stereocenters. The van der Waals surface area contributed by atoms with Gasteiger partial charge in [-0.2, -0.15) is 0 Å². The van der Waals surface area contributed by atoms with Crippen molar-refractivity contribution < 1.29 is 19.1 Å². The molecule has 0 aromatic rings. The van der Waals surface area contributed by atoms with E-state index in [1.165, 1.54) is 0 Å². The zero-order valence-corrected chi connectivity index (χ0v) is 19.8. The number of ether oxygens (including phenoxy) is 2. The van der Waals surface area contributed by atoms with Gasteiger partial charge in [0.15, 0.2) is 0 Å². The predicted molar refractivity (Wildman–Crippen MR) is 116 cm³/mol. The third-order valence-electron chi connectivity index (χ3n) is 4.79. The quantitative estimate of drug-likeness (QED) is 0.201. The van der Waals surface area contributed by atoms with E-state index >= 15 is 0 Å². The molecule has 0 saturated heterocycles. The molecule has 4 nitrogen and oxygen atoms in total. The Kier molecular flexibility index (Phi) is 14.7. The maximum Gasteiger partial charge on any atom is 0.311 e. The molecule has 0 radical (unpaired) electrons. The van der Waals surface area contributed by atoms with Crippen LogP contribution in [-0.4, -0.2) is 32.5 Å². The Labute approximate surface area is 168 Å². The molecule has 0 aromatic carbocycles. The summed E-state index contributed by atoms with van der Waals surface area (Å²) < 4.78 is 11.3. The van der Waals surface area contributed by atoms with Crippen molar-refractivity contribution in [2.45, 2.75) is 105 Å². The van der Waals surface area contributed by atoms with E-state index in [1.807, 2.05) is 27.7 Å². The Balaban J connectivity index is 5.35. The van der Waals surface area contributed by atoms with E-state index in [-0.39, 0.29) is 23.0 Å². The number of hydrogen-bond acceptors (Lipinski definition) is 4. The van der Waals surface area contributed by atoms with Gasteiger partial charge in [-0.25, -0.2) is 0 Å². The van der Waals surface area contributed by atoms with Crippen LogP contribution >= 0.6 is 0 Å². The molecule has 0 aliphatic rings. The minimum absolute atomic E-state index is 0.238. The van der Waals surface area contributed by atoms with Crippen molar-refractivity contribution in [3.8, 4) is 0 Å². The average molecular weight is 401 g/mol. The molecule has 0 rings (SSSR count). The number of hydrogen-bond donors (Lipinski definition) is 0. The van der Waals surface area contributed by atoms with Gasteiger partial charge in [-0.3, -0.25) is 9.59 Å². The van der Waals surface area contributed by atoms with Crippen LogP contribution in [0.3, 0.4) is 0 Å². The molecule has 160 valence electrons. The van der Waals surface area contributed by atoms with Crippen molar-refractivity contribution in [2.75, 3.05) is 13.2 Å². The molecule has 0 N–H and O–H groups in total. The fourth-order valence-electron chi connectivity index (χ4n) is 3.08. The van der Waals surface area contributed by atoms with Gasteiger partial charge < -0.3 is 9.47 Å². The van der Waals surface area contributed by atoms with Gasteiger partial charge in [0.1, 0.15) is 0 Å². The first-order chi connectivity index (χ1) is 12.8. The first-order valence-electron chi connectivity index (χ1n) is 11.1. The molecule has 0 fully saturated rings. The summed E-state index contributed by atoms with van der Waals surface area (Å²) in [6.07, 6.45) is 8.53. The van der Waals surface area contributed by atoms with Crippen molar-refractivity contribution in [1.29, 1.82) is 0 Å². The van der Waals surface area contributed by atoms with Gasteiger partial charge in [0, 0.05) is 0 Å². The normalized spacial score (nSPS) is 11.9. The van der Waals surface area contributed by atoms with Crippen LogP contribution in [0.2, 0.25) is 12.1 Å². The van der Waals surface area contributed by atoms with Crippen LogP contribution in [0.1, 0.15) is 92.9 Å². The summed E-state index contributed by atoms with van der Waals surface area (Å²) in [4.78, 5) is 26.2. The maximum absolute atomic E-state index is 13.1. The van der Waals surface area contributed by atoms with E-state index in [4.69, 9.17) is 9.47 Å². The topological polar surface area (TPSA) is 52.6 Å². The highest BCUT2D eigenvalue weighted by Crippen LogP contribution is 2.28. The highest BCUT2D eigenvalue weighted by atomic mass is 28.3. The molecular formula is C22H44O4Si.